The number of carbonyl (C=O) groups excluding carboxylic acids is 1. The van der Waals surface area contributed by atoms with E-state index in [0.717, 1.165) is 27.1 Å². The van der Waals surface area contributed by atoms with Crippen LogP contribution in [-0.4, -0.2) is 21.6 Å². The number of hydrogen-bond acceptors (Lipinski definition) is 4. The Balaban J connectivity index is 1.50. The molecular weight excluding hydrogens is 366 g/mol. The lowest BCUT2D eigenvalue weighted by Crippen LogP contribution is -2.30. The molecule has 1 heterocycles. The third kappa shape index (κ3) is 4.21. The van der Waals surface area contributed by atoms with E-state index in [1.807, 2.05) is 84.9 Å². The first kappa shape index (κ1) is 18.2. The Morgan fingerprint density at radius 2 is 1.43 bits per heavy atom. The summed E-state index contributed by atoms with van der Waals surface area (Å²) in [6.45, 7) is 0. The van der Waals surface area contributed by atoms with Crippen LogP contribution in [0.15, 0.2) is 96.3 Å². The molecule has 5 heteroatoms. The van der Waals surface area contributed by atoms with E-state index < -0.39 is 0 Å². The van der Waals surface area contributed by atoms with Gasteiger partial charge in [-0.2, -0.15) is 0 Å². The van der Waals surface area contributed by atoms with Gasteiger partial charge in [-0.25, -0.2) is 9.97 Å². The molecule has 0 aliphatic rings. The Morgan fingerprint density at radius 1 is 0.821 bits per heavy atom. The topological polar surface area (TPSA) is 54.9 Å². The Morgan fingerprint density at radius 3 is 2.11 bits per heavy atom. The van der Waals surface area contributed by atoms with Gasteiger partial charge in [0.1, 0.15) is 11.4 Å². The Labute approximate surface area is 168 Å². The largest absolute Gasteiger partial charge is 0.344 e. The molecule has 3 aromatic carbocycles. The third-order valence-corrected chi connectivity index (χ3v) is 5.42. The van der Waals surface area contributed by atoms with E-state index in [-0.39, 0.29) is 17.7 Å². The minimum atomic E-state index is -0.183. The van der Waals surface area contributed by atoms with Gasteiger partial charge in [-0.05, 0) is 17.2 Å². The summed E-state index contributed by atoms with van der Waals surface area (Å²) in [4.78, 5) is 21.4. The first-order chi connectivity index (χ1) is 13.8. The summed E-state index contributed by atoms with van der Waals surface area (Å²) in [5.41, 5.74) is 2.99. The smallest absolute Gasteiger partial charge is 0.231 e. The van der Waals surface area contributed by atoms with Crippen LogP contribution in [0.2, 0.25) is 0 Å². The van der Waals surface area contributed by atoms with E-state index in [0.29, 0.717) is 0 Å². The van der Waals surface area contributed by atoms with Crippen molar-refractivity contribution in [2.24, 2.45) is 0 Å². The minimum Gasteiger partial charge on any atom is -0.344 e. The van der Waals surface area contributed by atoms with E-state index in [9.17, 15) is 4.79 Å². The fourth-order valence-corrected chi connectivity index (χ4v) is 3.88. The van der Waals surface area contributed by atoms with Crippen molar-refractivity contribution in [3.63, 3.8) is 0 Å². The van der Waals surface area contributed by atoms with Crippen molar-refractivity contribution in [3.8, 4) is 0 Å². The van der Waals surface area contributed by atoms with Crippen LogP contribution >= 0.6 is 11.8 Å². The van der Waals surface area contributed by atoms with Crippen molar-refractivity contribution in [2.75, 3.05) is 5.75 Å². The van der Waals surface area contributed by atoms with Crippen molar-refractivity contribution in [1.82, 2.24) is 15.3 Å². The quantitative estimate of drug-likeness (QED) is 0.388. The van der Waals surface area contributed by atoms with Gasteiger partial charge in [-0.15, -0.1) is 0 Å². The molecule has 0 bridgehead atoms. The number of thioether (sulfide) groups is 1. The van der Waals surface area contributed by atoms with Gasteiger partial charge >= 0.3 is 0 Å². The Bertz CT molecular complexity index is 1030. The summed E-state index contributed by atoms with van der Waals surface area (Å²) in [6.07, 6.45) is 1.54. The Hall–Kier alpha value is -3.18. The van der Waals surface area contributed by atoms with Gasteiger partial charge in [-0.1, -0.05) is 90.6 Å². The molecule has 4 rings (SSSR count). The second-order valence-electron chi connectivity index (χ2n) is 6.31. The number of para-hydroxylation sites is 1. The second kappa shape index (κ2) is 8.67. The molecule has 0 aliphatic heterocycles. The standard InChI is InChI=1S/C23H19N3OS/c27-21(15-28-23-19-13-7-8-14-20(19)24-16-25-23)26-22(17-9-3-1-4-10-17)18-11-5-2-6-12-18/h1-14,16,22H,15H2,(H,26,27). The molecule has 0 aliphatic carbocycles. The van der Waals surface area contributed by atoms with Gasteiger partial charge < -0.3 is 5.32 Å². The van der Waals surface area contributed by atoms with E-state index >= 15 is 0 Å². The molecule has 1 aromatic heterocycles. The maximum atomic E-state index is 12.7. The van der Waals surface area contributed by atoms with Crippen molar-refractivity contribution >= 4 is 28.6 Å². The summed E-state index contributed by atoms with van der Waals surface area (Å²) < 4.78 is 0. The lowest BCUT2D eigenvalue weighted by atomic mass is 9.99. The molecule has 0 unspecified atom stereocenters. The van der Waals surface area contributed by atoms with Crippen LogP contribution in [0.25, 0.3) is 10.9 Å². The molecule has 0 spiro atoms. The number of hydrogen-bond donors (Lipinski definition) is 1. The van der Waals surface area contributed by atoms with Crippen LogP contribution < -0.4 is 5.32 Å². The van der Waals surface area contributed by atoms with Gasteiger partial charge in [0.15, 0.2) is 0 Å². The van der Waals surface area contributed by atoms with E-state index in [2.05, 4.69) is 15.3 Å². The van der Waals surface area contributed by atoms with E-state index in [4.69, 9.17) is 0 Å². The number of nitrogens with one attached hydrogen (secondary N) is 1. The predicted octanol–water partition coefficient (Wildman–Crippen LogP) is 4.63. The molecule has 4 nitrogen and oxygen atoms in total. The second-order valence-corrected chi connectivity index (χ2v) is 7.27. The summed E-state index contributed by atoms with van der Waals surface area (Å²) in [6, 6.07) is 27.7. The zero-order chi connectivity index (χ0) is 19.2. The summed E-state index contributed by atoms with van der Waals surface area (Å²) in [5.74, 6) is 0.252. The maximum absolute atomic E-state index is 12.7. The summed E-state index contributed by atoms with van der Waals surface area (Å²) >= 11 is 1.43. The number of aromatic nitrogens is 2. The molecule has 0 saturated carbocycles. The number of carbonyl (C=O) groups is 1. The minimum absolute atomic E-state index is 0.0367. The highest BCUT2D eigenvalue weighted by Crippen LogP contribution is 2.25. The molecule has 28 heavy (non-hydrogen) atoms. The molecule has 138 valence electrons. The SMILES string of the molecule is O=C(CSc1ncnc2ccccc12)NC(c1ccccc1)c1ccccc1. The molecule has 0 fully saturated rings. The van der Waals surface area contributed by atoms with E-state index in [1.165, 1.54) is 11.8 Å². The zero-order valence-electron chi connectivity index (χ0n) is 15.2. The lowest BCUT2D eigenvalue weighted by Gasteiger charge is -2.20. The van der Waals surface area contributed by atoms with Crippen molar-refractivity contribution in [3.05, 3.63) is 102 Å². The number of benzene rings is 3. The molecule has 1 N–H and O–H groups in total. The van der Waals surface area contributed by atoms with Crippen LogP contribution in [0.3, 0.4) is 0 Å². The molecule has 1 amide bonds. The highest BCUT2D eigenvalue weighted by atomic mass is 32.2. The van der Waals surface area contributed by atoms with Crippen LogP contribution in [-0.2, 0) is 4.79 Å². The number of nitrogens with zero attached hydrogens (tertiary/aromatic N) is 2. The normalized spacial score (nSPS) is 10.9. The number of rotatable bonds is 6. The van der Waals surface area contributed by atoms with E-state index in [1.54, 1.807) is 6.33 Å². The van der Waals surface area contributed by atoms with Crippen molar-refractivity contribution in [2.45, 2.75) is 11.1 Å². The van der Waals surface area contributed by atoms with Gasteiger partial charge in [0.05, 0.1) is 17.3 Å². The van der Waals surface area contributed by atoms with Gasteiger partial charge in [-0.3, -0.25) is 4.79 Å². The van der Waals surface area contributed by atoms with Gasteiger partial charge in [0, 0.05) is 5.39 Å². The molecule has 0 radical (unpaired) electrons. The maximum Gasteiger partial charge on any atom is 0.231 e. The number of amides is 1. The molecular formula is C23H19N3OS. The fourth-order valence-electron chi connectivity index (χ4n) is 3.08. The van der Waals surface area contributed by atoms with Crippen molar-refractivity contribution in [1.29, 1.82) is 0 Å². The Kier molecular flexibility index (Phi) is 5.64. The van der Waals surface area contributed by atoms with Gasteiger partial charge in [0.2, 0.25) is 5.91 Å². The number of fused-ring (bicyclic) bond motifs is 1. The molecule has 0 atom stereocenters. The monoisotopic (exact) mass is 385 g/mol. The van der Waals surface area contributed by atoms with Crippen LogP contribution in [0, 0.1) is 0 Å². The molecule has 0 saturated heterocycles. The highest BCUT2D eigenvalue weighted by Gasteiger charge is 2.17. The lowest BCUT2D eigenvalue weighted by molar-refractivity contribution is -0.119. The average Bonchev–Trinajstić information content (AvgIpc) is 2.77. The first-order valence-electron chi connectivity index (χ1n) is 9.03. The molecule has 4 aromatic rings. The predicted molar refractivity (Wildman–Crippen MR) is 113 cm³/mol. The van der Waals surface area contributed by atoms with Crippen LogP contribution in [0.1, 0.15) is 17.2 Å². The van der Waals surface area contributed by atoms with Crippen LogP contribution in [0.4, 0.5) is 0 Å². The summed E-state index contributed by atoms with van der Waals surface area (Å²) in [7, 11) is 0. The van der Waals surface area contributed by atoms with Gasteiger partial charge in [0.25, 0.3) is 0 Å². The van der Waals surface area contributed by atoms with Crippen LogP contribution in [0.5, 0.6) is 0 Å². The van der Waals surface area contributed by atoms with Crippen molar-refractivity contribution < 1.29 is 4.79 Å². The third-order valence-electron chi connectivity index (χ3n) is 4.42. The first-order valence-corrected chi connectivity index (χ1v) is 10.0. The highest BCUT2D eigenvalue weighted by molar-refractivity contribution is 8.00. The fraction of sp³-hybridized carbons (Fsp3) is 0.0870. The average molecular weight is 385 g/mol. The zero-order valence-corrected chi connectivity index (χ0v) is 16.0. The summed E-state index contributed by atoms with van der Waals surface area (Å²) in [5, 5.41) is 4.94.